The third-order valence-corrected chi connectivity index (χ3v) is 6.23. The molecule has 1 fully saturated rings. The zero-order chi connectivity index (χ0) is 22.5. The first-order valence-corrected chi connectivity index (χ1v) is 11.9. The number of likely N-dealkylation sites (tertiary alicyclic amines) is 1. The summed E-state index contributed by atoms with van der Waals surface area (Å²) in [5, 5.41) is 10.2. The molecule has 168 valence electrons. The summed E-state index contributed by atoms with van der Waals surface area (Å²) in [6, 6.07) is 20.0. The minimum Gasteiger partial charge on any atom is -0.457 e. The lowest BCUT2D eigenvalue weighted by atomic mass is 9.93. The van der Waals surface area contributed by atoms with Gasteiger partial charge in [0.05, 0.1) is 17.4 Å². The van der Waals surface area contributed by atoms with Crippen molar-refractivity contribution < 1.29 is 8.92 Å². The van der Waals surface area contributed by atoms with Crippen molar-refractivity contribution in [2.24, 2.45) is 0 Å². The van der Waals surface area contributed by atoms with Crippen molar-refractivity contribution in [3.8, 4) is 22.8 Å². The maximum absolute atomic E-state index is 5.95. The number of hydrogen-bond acceptors (Lipinski definition) is 6. The number of fused-ring (bicyclic) bond motifs is 1. The monoisotopic (exact) mass is 458 g/mol. The van der Waals surface area contributed by atoms with Gasteiger partial charge in [-0.3, -0.25) is 19.2 Å². The van der Waals surface area contributed by atoms with Gasteiger partial charge in [0.15, 0.2) is 0 Å². The first-order chi connectivity index (χ1) is 16.3. The molecule has 1 N–H and O–H groups in total. The van der Waals surface area contributed by atoms with Gasteiger partial charge >= 0.3 is 0 Å². The van der Waals surface area contributed by atoms with Gasteiger partial charge in [-0.15, -0.1) is 0 Å². The summed E-state index contributed by atoms with van der Waals surface area (Å²) in [5.41, 5.74) is 4.00. The SMILES string of the molecule is C=CSOCN1CCCC(c2cc3cn[nH]c3c(-c3ccc(Oc4ccccc4)cc3)n2)C1. The predicted molar refractivity (Wildman–Crippen MR) is 133 cm³/mol. The lowest BCUT2D eigenvalue weighted by Crippen LogP contribution is -2.35. The molecule has 33 heavy (non-hydrogen) atoms. The lowest BCUT2D eigenvalue weighted by molar-refractivity contribution is 0.112. The van der Waals surface area contributed by atoms with Crippen LogP contribution >= 0.6 is 12.0 Å². The average molecular weight is 459 g/mol. The first-order valence-electron chi connectivity index (χ1n) is 11.1. The quantitative estimate of drug-likeness (QED) is 0.245. The molecule has 0 bridgehead atoms. The first kappa shape index (κ1) is 21.7. The van der Waals surface area contributed by atoms with Gasteiger partial charge in [0.25, 0.3) is 0 Å². The van der Waals surface area contributed by atoms with Crippen LogP contribution < -0.4 is 4.74 Å². The molecular weight excluding hydrogens is 432 g/mol. The Morgan fingerprint density at radius 2 is 1.94 bits per heavy atom. The molecule has 0 radical (unpaired) electrons. The van der Waals surface area contributed by atoms with Crippen molar-refractivity contribution in [1.82, 2.24) is 20.1 Å². The number of benzene rings is 2. The Bertz CT molecular complexity index is 1210. The van der Waals surface area contributed by atoms with Gasteiger partial charge in [-0.1, -0.05) is 24.8 Å². The highest BCUT2D eigenvalue weighted by Crippen LogP contribution is 2.33. The molecule has 2 aromatic carbocycles. The molecule has 0 aliphatic carbocycles. The van der Waals surface area contributed by atoms with E-state index >= 15 is 0 Å². The third kappa shape index (κ3) is 5.11. The van der Waals surface area contributed by atoms with Crippen LogP contribution in [0.5, 0.6) is 11.5 Å². The smallest absolute Gasteiger partial charge is 0.127 e. The molecule has 1 atom stereocenters. The Hall–Kier alpha value is -3.13. The third-order valence-electron chi connectivity index (χ3n) is 5.85. The highest BCUT2D eigenvalue weighted by Gasteiger charge is 2.24. The zero-order valence-electron chi connectivity index (χ0n) is 18.3. The van der Waals surface area contributed by atoms with Gasteiger partial charge in [-0.25, -0.2) is 0 Å². The Labute approximate surface area is 197 Å². The number of rotatable bonds is 8. The van der Waals surface area contributed by atoms with Gasteiger partial charge in [0.2, 0.25) is 0 Å². The minimum absolute atomic E-state index is 0.356. The van der Waals surface area contributed by atoms with Crippen LogP contribution in [0.4, 0.5) is 0 Å². The molecule has 6 nitrogen and oxygen atoms in total. The van der Waals surface area contributed by atoms with Crippen LogP contribution in [-0.2, 0) is 4.18 Å². The van der Waals surface area contributed by atoms with Crippen molar-refractivity contribution in [1.29, 1.82) is 0 Å². The van der Waals surface area contributed by atoms with E-state index in [1.54, 1.807) is 5.41 Å². The van der Waals surface area contributed by atoms with Crippen LogP contribution in [-0.4, -0.2) is 39.9 Å². The molecule has 7 heteroatoms. The fourth-order valence-electron chi connectivity index (χ4n) is 4.26. The van der Waals surface area contributed by atoms with Gasteiger partial charge in [0.1, 0.15) is 18.2 Å². The highest BCUT2D eigenvalue weighted by molar-refractivity contribution is 7.97. The van der Waals surface area contributed by atoms with E-state index in [0.717, 1.165) is 65.3 Å². The molecule has 3 heterocycles. The van der Waals surface area contributed by atoms with E-state index < -0.39 is 0 Å². The summed E-state index contributed by atoms with van der Waals surface area (Å²) in [5.74, 6) is 1.97. The fraction of sp³-hybridized carbons (Fsp3) is 0.231. The molecule has 0 amide bonds. The van der Waals surface area contributed by atoms with Gasteiger partial charge in [-0.05, 0) is 60.7 Å². The van der Waals surface area contributed by atoms with Crippen LogP contribution in [0.1, 0.15) is 24.5 Å². The minimum atomic E-state index is 0.356. The second-order valence-corrected chi connectivity index (χ2v) is 8.86. The molecule has 1 saturated heterocycles. The van der Waals surface area contributed by atoms with Gasteiger partial charge in [-0.2, -0.15) is 5.10 Å². The number of H-pyrrole nitrogens is 1. The van der Waals surface area contributed by atoms with E-state index in [4.69, 9.17) is 13.9 Å². The standard InChI is InChI=1S/C26H26N4O2S/c1-2-33-31-18-30-14-6-7-20(17-30)24-15-21-16-27-29-26(21)25(28-24)19-10-12-23(13-11-19)32-22-8-4-3-5-9-22/h2-5,8-13,15-16,20H,1,6-7,14,17-18H2,(H,27,29). The van der Waals surface area contributed by atoms with E-state index in [2.05, 4.69) is 39.9 Å². The largest absolute Gasteiger partial charge is 0.457 e. The van der Waals surface area contributed by atoms with Crippen molar-refractivity contribution in [2.75, 3.05) is 19.8 Å². The molecular formula is C26H26N4O2S. The van der Waals surface area contributed by atoms with Gasteiger partial charge < -0.3 is 4.74 Å². The number of pyridine rings is 1. The molecule has 1 aliphatic heterocycles. The summed E-state index contributed by atoms with van der Waals surface area (Å²) in [6.07, 6.45) is 4.12. The molecule has 0 spiro atoms. The second kappa shape index (κ2) is 10.2. The van der Waals surface area contributed by atoms with E-state index in [9.17, 15) is 0 Å². The molecule has 0 saturated carbocycles. The average Bonchev–Trinajstić information content (AvgIpc) is 3.34. The number of aromatic amines is 1. The van der Waals surface area contributed by atoms with Crippen molar-refractivity contribution in [3.63, 3.8) is 0 Å². The van der Waals surface area contributed by atoms with Gasteiger partial charge in [0, 0.05) is 47.7 Å². The zero-order valence-corrected chi connectivity index (χ0v) is 19.1. The fourth-order valence-corrected chi connectivity index (χ4v) is 4.57. The number of nitrogens with one attached hydrogen (secondary N) is 1. The van der Waals surface area contributed by atoms with Crippen LogP contribution in [0, 0.1) is 0 Å². The summed E-state index contributed by atoms with van der Waals surface area (Å²) in [4.78, 5) is 7.45. The Morgan fingerprint density at radius 3 is 2.76 bits per heavy atom. The van der Waals surface area contributed by atoms with E-state index in [0.29, 0.717) is 12.6 Å². The van der Waals surface area contributed by atoms with Crippen molar-refractivity contribution in [2.45, 2.75) is 18.8 Å². The number of aromatic nitrogens is 3. The summed E-state index contributed by atoms with van der Waals surface area (Å²) < 4.78 is 11.5. The highest BCUT2D eigenvalue weighted by atomic mass is 32.2. The van der Waals surface area contributed by atoms with Crippen LogP contribution in [0.25, 0.3) is 22.2 Å². The van der Waals surface area contributed by atoms with E-state index in [-0.39, 0.29) is 0 Å². The number of hydrogen-bond donors (Lipinski definition) is 1. The molecule has 4 aromatic rings. The second-order valence-electron chi connectivity index (χ2n) is 8.10. The summed E-state index contributed by atoms with van der Waals surface area (Å²) in [6.45, 7) is 6.25. The molecule has 1 unspecified atom stereocenters. The lowest BCUT2D eigenvalue weighted by Gasteiger charge is -2.31. The number of piperidine rings is 1. The van der Waals surface area contributed by atoms with Crippen molar-refractivity contribution in [3.05, 3.63) is 84.5 Å². The maximum atomic E-state index is 5.95. The van der Waals surface area contributed by atoms with Crippen LogP contribution in [0.2, 0.25) is 0 Å². The predicted octanol–water partition coefficient (Wildman–Crippen LogP) is 6.36. The number of nitrogens with zero attached hydrogens (tertiary/aromatic N) is 3. The summed E-state index contributed by atoms with van der Waals surface area (Å²) >= 11 is 1.29. The number of ether oxygens (including phenoxy) is 1. The maximum Gasteiger partial charge on any atom is 0.127 e. The Kier molecular flexibility index (Phi) is 6.71. The van der Waals surface area contributed by atoms with Crippen LogP contribution in [0.3, 0.4) is 0 Å². The van der Waals surface area contributed by atoms with E-state index in [1.165, 1.54) is 12.0 Å². The van der Waals surface area contributed by atoms with Crippen molar-refractivity contribution >= 4 is 22.9 Å². The normalized spacial score (nSPS) is 16.7. The molecule has 1 aliphatic rings. The summed E-state index contributed by atoms with van der Waals surface area (Å²) in [7, 11) is 0. The van der Waals surface area contributed by atoms with E-state index in [1.807, 2.05) is 48.7 Å². The number of para-hydroxylation sites is 1. The Balaban J connectivity index is 1.39. The topological polar surface area (TPSA) is 63.3 Å². The molecule has 2 aromatic heterocycles. The molecule has 5 rings (SSSR count). The van der Waals surface area contributed by atoms with Crippen LogP contribution in [0.15, 0.2) is 78.8 Å². The Morgan fingerprint density at radius 1 is 1.12 bits per heavy atom.